The summed E-state index contributed by atoms with van der Waals surface area (Å²) in [6.07, 6.45) is 9.76. The number of pyridine rings is 2. The second-order valence-electron chi connectivity index (χ2n) is 18.6. The van der Waals surface area contributed by atoms with Gasteiger partial charge in [0.1, 0.15) is 39.9 Å². The summed E-state index contributed by atoms with van der Waals surface area (Å²) < 4.78 is 51.2. The van der Waals surface area contributed by atoms with Crippen LogP contribution in [0.25, 0.3) is 11.0 Å². The number of benzene rings is 2. The van der Waals surface area contributed by atoms with E-state index in [9.17, 15) is 33.2 Å². The van der Waals surface area contributed by atoms with Crippen LogP contribution in [0.5, 0.6) is 11.5 Å². The average Bonchev–Trinajstić information content (AvgIpc) is 3.98. The van der Waals surface area contributed by atoms with Crippen molar-refractivity contribution in [3.8, 4) is 11.5 Å². The van der Waals surface area contributed by atoms with Gasteiger partial charge in [-0.3, -0.25) is 19.8 Å². The van der Waals surface area contributed by atoms with Crippen LogP contribution in [0.1, 0.15) is 98.7 Å². The van der Waals surface area contributed by atoms with Crippen LogP contribution in [0.4, 0.5) is 26.4 Å². The maximum absolute atomic E-state index is 15.5. The molecular weight excluding hydrogens is 870 g/mol. The van der Waals surface area contributed by atoms with Crippen molar-refractivity contribution in [1.29, 1.82) is 0 Å². The Morgan fingerprint density at radius 1 is 1.00 bits per heavy atom. The number of hydrogen-bond donors (Lipinski definition) is 4. The monoisotopic (exact) mass is 923 g/mol. The predicted octanol–water partition coefficient (Wildman–Crippen LogP) is 8.38. The van der Waals surface area contributed by atoms with Gasteiger partial charge in [0, 0.05) is 87.6 Å². The molecule has 0 radical (unpaired) electrons. The molecule has 3 saturated heterocycles. The minimum atomic E-state index is -4.71. The third-order valence-corrected chi connectivity index (χ3v) is 15.5. The Hall–Kier alpha value is -6.34. The van der Waals surface area contributed by atoms with E-state index in [2.05, 4.69) is 68.2 Å². The summed E-state index contributed by atoms with van der Waals surface area (Å²) in [5, 5.41) is 24.8. The number of halogens is 1. The van der Waals surface area contributed by atoms with E-state index in [4.69, 9.17) is 4.74 Å². The number of fused-ring (bicyclic) bond motifs is 1. The Morgan fingerprint density at radius 3 is 2.48 bits per heavy atom. The van der Waals surface area contributed by atoms with Gasteiger partial charge in [0.25, 0.3) is 21.6 Å². The quantitative estimate of drug-likeness (QED) is 0.0646. The molecule has 2 aromatic carbocycles. The number of aromatic nitrogens is 3. The van der Waals surface area contributed by atoms with Crippen LogP contribution >= 0.6 is 0 Å². The molecule has 2 amide bonds. The second kappa shape index (κ2) is 17.8. The summed E-state index contributed by atoms with van der Waals surface area (Å²) in [5.41, 5.74) is 0.942. The van der Waals surface area contributed by atoms with Crippen molar-refractivity contribution in [3.05, 3.63) is 106 Å². The SMILES string of the molecule is CC(C)c1ccccc1[C@@H]1CCCN1C1CC2(CCN(c3cc(Oc4cnc5[nH]ccc5c4)c(C(=O)NS(=O)(=O)c4ccc(NCC5(F)CCN(C(=O)O)CC5)c([N+](=O)[O-])c4)cn3)CC2)C1. The molecule has 4 fully saturated rings. The molecule has 4 N–H and O–H groups in total. The first-order valence-corrected chi connectivity index (χ1v) is 24.0. The van der Waals surface area contributed by atoms with Crippen molar-refractivity contribution in [2.75, 3.05) is 49.5 Å². The lowest BCUT2D eigenvalue weighted by Crippen LogP contribution is -2.55. The molecule has 1 spiro atoms. The molecular formula is C47H54FN9O8S. The number of hydrogen-bond acceptors (Lipinski definition) is 12. The average molecular weight is 924 g/mol. The van der Waals surface area contributed by atoms with Gasteiger partial charge in [0.15, 0.2) is 0 Å². The molecule has 3 aromatic heterocycles. The van der Waals surface area contributed by atoms with E-state index < -0.39 is 43.2 Å². The molecule has 19 heteroatoms. The number of aromatic amines is 1. The second-order valence-corrected chi connectivity index (χ2v) is 20.3. The van der Waals surface area contributed by atoms with Crippen molar-refractivity contribution in [2.24, 2.45) is 5.41 Å². The topological polar surface area (TPSA) is 216 Å². The van der Waals surface area contributed by atoms with Gasteiger partial charge >= 0.3 is 6.09 Å². The minimum absolute atomic E-state index is 0.0370. The van der Waals surface area contributed by atoms with Gasteiger partial charge in [-0.2, -0.15) is 0 Å². The number of nitrogens with one attached hydrogen (secondary N) is 3. The van der Waals surface area contributed by atoms with Gasteiger partial charge in [-0.15, -0.1) is 0 Å². The van der Waals surface area contributed by atoms with Gasteiger partial charge in [-0.1, -0.05) is 38.1 Å². The number of nitro groups is 1. The van der Waals surface area contributed by atoms with E-state index in [1.807, 2.05) is 10.8 Å². The number of rotatable bonds is 13. The molecule has 1 saturated carbocycles. The molecule has 348 valence electrons. The van der Waals surface area contributed by atoms with Crippen LogP contribution in [-0.4, -0.2) is 106 Å². The van der Waals surface area contributed by atoms with E-state index >= 15 is 4.39 Å². The molecule has 9 rings (SSSR count). The van der Waals surface area contributed by atoms with Crippen LogP contribution < -0.4 is 19.7 Å². The summed E-state index contributed by atoms with van der Waals surface area (Å²) >= 11 is 0. The lowest BCUT2D eigenvalue weighted by molar-refractivity contribution is -0.384. The molecule has 4 aliphatic rings. The third-order valence-electron chi connectivity index (χ3n) is 14.2. The fraction of sp³-hybridized carbons (Fsp3) is 0.447. The summed E-state index contributed by atoms with van der Waals surface area (Å²) in [4.78, 5) is 54.0. The number of carboxylic acid groups (broad SMARTS) is 1. The first-order valence-electron chi connectivity index (χ1n) is 22.6. The van der Waals surface area contributed by atoms with Gasteiger partial charge in [-0.25, -0.2) is 32.3 Å². The first-order chi connectivity index (χ1) is 31.6. The summed E-state index contributed by atoms with van der Waals surface area (Å²) in [6.45, 7) is 6.71. The molecule has 1 atom stereocenters. The van der Waals surface area contributed by atoms with Gasteiger partial charge < -0.3 is 29.9 Å². The number of alkyl halides is 1. The van der Waals surface area contributed by atoms with Crippen molar-refractivity contribution in [3.63, 3.8) is 0 Å². The Morgan fingerprint density at radius 2 is 1.76 bits per heavy atom. The number of anilines is 2. The zero-order chi connectivity index (χ0) is 46.4. The highest BCUT2D eigenvalue weighted by atomic mass is 32.2. The fourth-order valence-corrected chi connectivity index (χ4v) is 11.4. The fourth-order valence-electron chi connectivity index (χ4n) is 10.4. The van der Waals surface area contributed by atoms with Crippen LogP contribution in [0.3, 0.4) is 0 Å². The number of amides is 2. The first kappa shape index (κ1) is 44.8. The molecule has 6 heterocycles. The molecule has 66 heavy (non-hydrogen) atoms. The van der Waals surface area contributed by atoms with E-state index in [-0.39, 0.29) is 54.9 Å². The summed E-state index contributed by atoms with van der Waals surface area (Å²) in [7, 11) is -4.71. The lowest BCUT2D eigenvalue weighted by Gasteiger charge is -2.56. The highest BCUT2D eigenvalue weighted by Gasteiger charge is 2.50. The molecule has 3 aliphatic heterocycles. The van der Waals surface area contributed by atoms with Crippen LogP contribution in [-0.2, 0) is 10.0 Å². The van der Waals surface area contributed by atoms with Crippen molar-refractivity contribution in [2.45, 2.75) is 93.8 Å². The minimum Gasteiger partial charge on any atom is -0.465 e. The predicted molar refractivity (Wildman–Crippen MR) is 245 cm³/mol. The number of likely N-dealkylation sites (tertiary alicyclic amines) is 2. The number of carbonyl (C=O) groups excluding carboxylic acids is 1. The maximum atomic E-state index is 15.5. The Kier molecular flexibility index (Phi) is 12.1. The summed E-state index contributed by atoms with van der Waals surface area (Å²) in [5.74, 6) is 0.295. The van der Waals surface area contributed by atoms with Gasteiger partial charge in [0.05, 0.1) is 16.0 Å². The number of piperidine rings is 2. The summed E-state index contributed by atoms with van der Waals surface area (Å²) in [6, 6.07) is 18.1. The van der Waals surface area contributed by atoms with E-state index in [1.165, 1.54) is 36.4 Å². The van der Waals surface area contributed by atoms with Crippen molar-refractivity contribution >= 4 is 50.2 Å². The number of nitrogens with zero attached hydrogens (tertiary/aromatic N) is 6. The number of carbonyl (C=O) groups is 2. The Balaban J connectivity index is 0.894. The molecule has 1 aliphatic carbocycles. The van der Waals surface area contributed by atoms with Crippen LogP contribution in [0.15, 0.2) is 84.1 Å². The zero-order valence-corrected chi connectivity index (χ0v) is 37.7. The third kappa shape index (κ3) is 9.10. The zero-order valence-electron chi connectivity index (χ0n) is 36.9. The van der Waals surface area contributed by atoms with E-state index in [1.54, 1.807) is 18.3 Å². The number of ether oxygens (including phenoxy) is 1. The van der Waals surface area contributed by atoms with Gasteiger partial charge in [0.2, 0.25) is 0 Å². The lowest BCUT2D eigenvalue weighted by atomic mass is 9.60. The number of sulfonamides is 1. The molecule has 5 aromatic rings. The highest BCUT2D eigenvalue weighted by Crippen LogP contribution is 2.54. The Bertz CT molecular complexity index is 2760. The molecule has 17 nitrogen and oxygen atoms in total. The number of nitro benzene ring substituents is 1. The van der Waals surface area contributed by atoms with Crippen LogP contribution in [0, 0.1) is 15.5 Å². The number of H-pyrrole nitrogens is 1. The van der Waals surface area contributed by atoms with Gasteiger partial charge in [-0.05, 0) is 91.8 Å². The smallest absolute Gasteiger partial charge is 0.407 e. The highest BCUT2D eigenvalue weighted by molar-refractivity contribution is 7.90. The van der Waals surface area contributed by atoms with Crippen molar-refractivity contribution in [1.82, 2.24) is 29.5 Å². The standard InChI is InChI=1S/C47H54FN9O8S/c1-30(2)35-6-3-4-7-36(35)39-8-5-17-56(39)32-25-46(26-32)12-18-54(19-13-46)42-24-41(65-33-22-31-11-16-49-43(31)51-27-33)37(28-50-42)44(58)53-66(63,64)34-9-10-38(40(23-34)57(61)62)52-29-47(48)14-20-55(21-15-47)45(59)60/h3-4,6-7,9-11,16,22-24,27-28,30,32,39,52H,5,8,12-15,17-21,25-26,29H2,1-2H3,(H,49,51)(H,53,58)(H,59,60)/t39-/m0/s1. The van der Waals surface area contributed by atoms with E-state index in [0.717, 1.165) is 73.8 Å². The molecule has 0 bridgehead atoms. The van der Waals surface area contributed by atoms with Crippen molar-refractivity contribution < 1.29 is 37.2 Å². The normalized spacial score (nSPS) is 19.8. The van der Waals surface area contributed by atoms with Crippen LogP contribution in [0.2, 0.25) is 0 Å². The molecule has 0 unspecified atom stereocenters. The maximum Gasteiger partial charge on any atom is 0.407 e. The largest absolute Gasteiger partial charge is 0.465 e. The van der Waals surface area contributed by atoms with E-state index in [0.29, 0.717) is 35.2 Å². The Labute approximate surface area is 381 Å².